The van der Waals surface area contributed by atoms with Crippen LogP contribution in [-0.4, -0.2) is 65.3 Å². The second-order valence-electron chi connectivity index (χ2n) is 8.45. The number of carbonyl (C=O) groups is 2. The van der Waals surface area contributed by atoms with E-state index in [1.54, 1.807) is 38.6 Å². The van der Waals surface area contributed by atoms with Gasteiger partial charge in [-0.3, -0.25) is 9.97 Å². The molecule has 0 aliphatic rings. The number of aromatic nitrogens is 6. The zero-order chi connectivity index (χ0) is 30.5. The van der Waals surface area contributed by atoms with Gasteiger partial charge in [-0.2, -0.15) is 0 Å². The molecule has 0 saturated carbocycles. The molecule has 6 aromatic rings. The molecular weight excluding hydrogens is 660 g/mol. The zero-order valence-corrected chi connectivity index (χ0v) is 25.7. The minimum atomic E-state index is -0.652. The number of halogens is 1. The van der Waals surface area contributed by atoms with E-state index in [9.17, 15) is 19.8 Å². The monoisotopic (exact) mass is 680 g/mol. The van der Waals surface area contributed by atoms with Crippen LogP contribution in [0.2, 0.25) is 0 Å². The van der Waals surface area contributed by atoms with Crippen molar-refractivity contribution in [2.75, 3.05) is 13.2 Å². The minimum absolute atomic E-state index is 0.0919. The molecule has 0 spiro atoms. The first-order chi connectivity index (χ1) is 20.8. The fraction of sp³-hybridized carbons (Fsp3) is 0.143. The number of hydrogen-bond acceptors (Lipinski definition) is 14. The van der Waals surface area contributed by atoms with E-state index in [4.69, 9.17) is 9.47 Å². The maximum Gasteiger partial charge on any atom is 0.360 e. The van der Waals surface area contributed by atoms with E-state index in [1.165, 1.54) is 35.1 Å². The number of thiazole rings is 2. The molecule has 0 unspecified atom stereocenters. The third kappa shape index (κ3) is 6.43. The van der Waals surface area contributed by atoms with Crippen LogP contribution in [0.25, 0.3) is 41.6 Å². The maximum atomic E-state index is 11.8. The summed E-state index contributed by atoms with van der Waals surface area (Å²) >= 11 is 5.90. The van der Waals surface area contributed by atoms with Gasteiger partial charge >= 0.3 is 11.9 Å². The summed E-state index contributed by atoms with van der Waals surface area (Å²) < 4.78 is 11.6. The van der Waals surface area contributed by atoms with Gasteiger partial charge in [0.25, 0.3) is 0 Å². The Morgan fingerprint density at radius 1 is 0.791 bits per heavy atom. The van der Waals surface area contributed by atoms with Gasteiger partial charge < -0.3 is 19.7 Å². The van der Waals surface area contributed by atoms with E-state index in [-0.39, 0.29) is 36.1 Å². The van der Waals surface area contributed by atoms with Crippen molar-refractivity contribution in [1.82, 2.24) is 29.9 Å². The predicted molar refractivity (Wildman–Crippen MR) is 164 cm³/mol. The molecule has 6 aromatic heterocycles. The molecule has 0 aromatic carbocycles. The summed E-state index contributed by atoms with van der Waals surface area (Å²) in [6.45, 7) is 3.83. The molecule has 0 saturated heterocycles. The smallest absolute Gasteiger partial charge is 0.360 e. The first-order valence-corrected chi connectivity index (χ1v) is 15.1. The van der Waals surface area contributed by atoms with E-state index in [1.807, 2.05) is 18.2 Å². The van der Waals surface area contributed by atoms with Crippen LogP contribution in [0.3, 0.4) is 0 Å². The number of pyridine rings is 4. The van der Waals surface area contributed by atoms with Crippen LogP contribution >= 0.6 is 38.6 Å². The first kappa shape index (κ1) is 29.9. The Balaban J connectivity index is 0.000000171. The van der Waals surface area contributed by atoms with Crippen LogP contribution in [0, 0.1) is 0 Å². The summed E-state index contributed by atoms with van der Waals surface area (Å²) in [5, 5.41) is 21.8. The summed E-state index contributed by atoms with van der Waals surface area (Å²) in [6, 6.07) is 5.56. The fourth-order valence-corrected chi connectivity index (χ4v) is 6.03. The highest BCUT2D eigenvalue weighted by Crippen LogP contribution is 2.38. The molecule has 0 radical (unpaired) electrons. The number of aromatic hydroxyl groups is 2. The average Bonchev–Trinajstić information content (AvgIpc) is 3.65. The highest BCUT2D eigenvalue weighted by Gasteiger charge is 2.21. The van der Waals surface area contributed by atoms with Crippen LogP contribution in [-0.2, 0) is 9.47 Å². The summed E-state index contributed by atoms with van der Waals surface area (Å²) in [5.74, 6) is -1.70. The molecule has 0 amide bonds. The fourth-order valence-electron chi connectivity index (χ4n) is 3.73. The molecule has 0 bridgehead atoms. The quantitative estimate of drug-likeness (QED) is 0.196. The molecule has 218 valence electrons. The van der Waals surface area contributed by atoms with Crippen molar-refractivity contribution < 1.29 is 29.3 Å². The number of fused-ring (bicyclic) bond motifs is 2. The first-order valence-electron chi connectivity index (χ1n) is 12.6. The van der Waals surface area contributed by atoms with Gasteiger partial charge in [0, 0.05) is 40.4 Å². The molecule has 15 heteroatoms. The zero-order valence-electron chi connectivity index (χ0n) is 22.5. The minimum Gasteiger partial charge on any atom is -0.504 e. The van der Waals surface area contributed by atoms with Crippen molar-refractivity contribution in [2.45, 2.75) is 13.8 Å². The Morgan fingerprint density at radius 2 is 1.33 bits per heavy atom. The molecule has 2 N–H and O–H groups in total. The SMILES string of the molecule is CCOC(=O)c1ncc2nc(-c3cccnc3)sc2c1O.CCOC(=O)c1ncc2nc(-c3cncc(Br)c3)sc2c1O. The van der Waals surface area contributed by atoms with Gasteiger partial charge in [0.2, 0.25) is 0 Å². The second-order valence-corrected chi connectivity index (χ2v) is 11.4. The van der Waals surface area contributed by atoms with Crippen molar-refractivity contribution in [1.29, 1.82) is 0 Å². The topological polar surface area (TPSA) is 170 Å². The standard InChI is InChI=1S/C14H10BrN3O3S.C14H11N3O3S/c1-2-21-14(20)10-11(19)12-9(6-17-10)18-13(22-12)7-3-8(15)5-16-4-7;1-2-20-14(19)10-11(18)12-9(7-16-10)17-13(21-12)8-4-3-5-15-6-8/h3-6,19H,2H2,1H3;3-7,18H,2H2,1H3. The second kappa shape index (κ2) is 13.1. The number of esters is 2. The van der Waals surface area contributed by atoms with Crippen molar-refractivity contribution >= 4 is 71.0 Å². The van der Waals surface area contributed by atoms with Crippen LogP contribution in [0.15, 0.2) is 59.9 Å². The lowest BCUT2D eigenvalue weighted by Crippen LogP contribution is -2.07. The van der Waals surface area contributed by atoms with E-state index in [2.05, 4.69) is 45.8 Å². The van der Waals surface area contributed by atoms with Crippen LogP contribution < -0.4 is 0 Å². The van der Waals surface area contributed by atoms with Gasteiger partial charge in [-0.15, -0.1) is 22.7 Å². The number of nitrogens with zero attached hydrogens (tertiary/aromatic N) is 6. The van der Waals surface area contributed by atoms with Crippen molar-refractivity contribution in [3.8, 4) is 32.6 Å². The van der Waals surface area contributed by atoms with E-state index in [0.29, 0.717) is 30.4 Å². The van der Waals surface area contributed by atoms with E-state index in [0.717, 1.165) is 15.6 Å². The molecule has 12 nitrogen and oxygen atoms in total. The molecule has 0 atom stereocenters. The Hall–Kier alpha value is -4.60. The van der Waals surface area contributed by atoms with Gasteiger partial charge in [0.1, 0.15) is 30.4 Å². The highest BCUT2D eigenvalue weighted by atomic mass is 79.9. The van der Waals surface area contributed by atoms with Crippen molar-refractivity contribution in [2.24, 2.45) is 0 Å². The lowest BCUT2D eigenvalue weighted by molar-refractivity contribution is 0.0506. The maximum absolute atomic E-state index is 11.8. The van der Waals surface area contributed by atoms with Crippen molar-refractivity contribution in [3.63, 3.8) is 0 Å². The van der Waals surface area contributed by atoms with Gasteiger partial charge in [-0.05, 0) is 48.0 Å². The molecule has 0 aliphatic heterocycles. The van der Waals surface area contributed by atoms with Crippen LogP contribution in [0.1, 0.15) is 34.8 Å². The van der Waals surface area contributed by atoms with Crippen molar-refractivity contribution in [3.05, 3.63) is 71.2 Å². The summed E-state index contributed by atoms with van der Waals surface area (Å²) in [6.07, 6.45) is 9.63. The van der Waals surface area contributed by atoms with E-state index >= 15 is 0 Å². The molecule has 6 rings (SSSR count). The summed E-state index contributed by atoms with van der Waals surface area (Å²) in [7, 11) is 0. The number of hydrogen-bond donors (Lipinski definition) is 2. The molecule has 6 heterocycles. The highest BCUT2D eigenvalue weighted by molar-refractivity contribution is 9.10. The largest absolute Gasteiger partial charge is 0.504 e. The number of rotatable bonds is 6. The van der Waals surface area contributed by atoms with Gasteiger partial charge in [0.15, 0.2) is 22.9 Å². The Labute approximate surface area is 260 Å². The van der Waals surface area contributed by atoms with Gasteiger partial charge in [-0.25, -0.2) is 29.5 Å². The Kier molecular flexibility index (Phi) is 9.13. The predicted octanol–water partition coefficient (Wildman–Crippen LogP) is 6.03. The molecular formula is C28H21BrN6O6S2. The molecule has 0 fully saturated rings. The Morgan fingerprint density at radius 3 is 1.81 bits per heavy atom. The number of ether oxygens (including phenoxy) is 2. The van der Waals surface area contributed by atoms with E-state index < -0.39 is 11.9 Å². The number of carbonyl (C=O) groups excluding carboxylic acids is 2. The summed E-state index contributed by atoms with van der Waals surface area (Å²) in [4.78, 5) is 48.3. The lowest BCUT2D eigenvalue weighted by Gasteiger charge is -2.02. The lowest BCUT2D eigenvalue weighted by atomic mass is 10.3. The van der Waals surface area contributed by atoms with Gasteiger partial charge in [-0.1, -0.05) is 0 Å². The molecule has 0 aliphatic carbocycles. The third-order valence-corrected chi connectivity index (χ3v) is 8.30. The van der Waals surface area contributed by atoms with Crippen LogP contribution in [0.5, 0.6) is 11.5 Å². The van der Waals surface area contributed by atoms with Crippen LogP contribution in [0.4, 0.5) is 0 Å². The Bertz CT molecular complexity index is 1950. The van der Waals surface area contributed by atoms with Gasteiger partial charge in [0.05, 0.1) is 25.6 Å². The summed E-state index contributed by atoms with van der Waals surface area (Å²) in [5.41, 5.74) is 2.51. The molecule has 43 heavy (non-hydrogen) atoms. The average molecular weight is 682 g/mol. The third-order valence-electron chi connectivity index (χ3n) is 5.62. The normalized spacial score (nSPS) is 10.8.